The second-order valence-electron chi connectivity index (χ2n) is 5.94. The highest BCUT2D eigenvalue weighted by atomic mass is 35.5. The molecule has 3 aromatic carbocycles. The van der Waals surface area contributed by atoms with Gasteiger partial charge in [0.2, 0.25) is 0 Å². The number of aromatic nitrogens is 3. The summed E-state index contributed by atoms with van der Waals surface area (Å²) in [6.45, 7) is 0. The number of hydrogen-bond acceptors (Lipinski definition) is 4. The summed E-state index contributed by atoms with van der Waals surface area (Å²) in [4.78, 5) is 0. The maximum atomic E-state index is 9.57. The molecule has 4 nitrogen and oxygen atoms in total. The molecule has 0 saturated heterocycles. The highest BCUT2D eigenvalue weighted by Crippen LogP contribution is 2.30. The number of aromatic hydroxyl groups is 1. The molecule has 1 heterocycles. The Morgan fingerprint density at radius 2 is 1.56 bits per heavy atom. The zero-order valence-electron chi connectivity index (χ0n) is 14.3. The molecule has 0 atom stereocenters. The highest BCUT2D eigenvalue weighted by molar-refractivity contribution is 7.98. The second kappa shape index (κ2) is 7.86. The molecule has 0 aliphatic rings. The Kier molecular flexibility index (Phi) is 5.14. The Bertz CT molecular complexity index is 1030. The van der Waals surface area contributed by atoms with E-state index in [1.54, 1.807) is 23.9 Å². The number of hydrogen-bond donors (Lipinski definition) is 1. The van der Waals surface area contributed by atoms with Gasteiger partial charge in [-0.05, 0) is 54.1 Å². The molecule has 1 N–H and O–H groups in total. The number of nitrogens with zero attached hydrogens (tertiary/aromatic N) is 3. The Morgan fingerprint density at radius 1 is 0.852 bits per heavy atom. The highest BCUT2D eigenvalue weighted by Gasteiger charge is 2.16. The summed E-state index contributed by atoms with van der Waals surface area (Å²) >= 11 is 7.58. The summed E-state index contributed by atoms with van der Waals surface area (Å²) in [5, 5.41) is 19.9. The summed E-state index contributed by atoms with van der Waals surface area (Å²) < 4.78 is 2.03. The fourth-order valence-electron chi connectivity index (χ4n) is 2.70. The van der Waals surface area contributed by atoms with Gasteiger partial charge in [0.05, 0.1) is 0 Å². The maximum absolute atomic E-state index is 9.57. The zero-order valence-corrected chi connectivity index (χ0v) is 15.9. The maximum Gasteiger partial charge on any atom is 0.196 e. The molecule has 0 aliphatic heterocycles. The summed E-state index contributed by atoms with van der Waals surface area (Å²) in [5.41, 5.74) is 3.05. The minimum absolute atomic E-state index is 0.224. The lowest BCUT2D eigenvalue weighted by atomic mass is 10.2. The summed E-state index contributed by atoms with van der Waals surface area (Å²) in [6.07, 6.45) is 0. The van der Waals surface area contributed by atoms with Gasteiger partial charge in [-0.2, -0.15) is 0 Å². The third-order valence-electron chi connectivity index (χ3n) is 4.05. The average molecular weight is 394 g/mol. The number of halogens is 1. The standard InChI is InChI=1S/C21H16ClN3OS/c22-17-10-6-15(7-11-17)14-27-21-24-23-20(16-8-12-19(26)13-9-16)25(21)18-4-2-1-3-5-18/h1-13,26H,14H2. The molecule has 0 saturated carbocycles. The third kappa shape index (κ3) is 3.99. The van der Waals surface area contributed by atoms with E-state index in [1.807, 2.05) is 71.3 Å². The van der Waals surface area contributed by atoms with E-state index in [2.05, 4.69) is 10.2 Å². The molecule has 0 unspecified atom stereocenters. The Labute approximate surface area is 166 Å². The van der Waals surface area contributed by atoms with E-state index < -0.39 is 0 Å². The topological polar surface area (TPSA) is 50.9 Å². The van der Waals surface area contributed by atoms with Crippen molar-refractivity contribution in [2.24, 2.45) is 0 Å². The second-order valence-corrected chi connectivity index (χ2v) is 7.32. The molecule has 134 valence electrons. The number of rotatable bonds is 5. The largest absolute Gasteiger partial charge is 0.508 e. The Hall–Kier alpha value is -2.76. The van der Waals surface area contributed by atoms with Gasteiger partial charge in [-0.15, -0.1) is 10.2 Å². The van der Waals surface area contributed by atoms with Crippen LogP contribution in [-0.4, -0.2) is 19.9 Å². The van der Waals surface area contributed by atoms with Crippen LogP contribution < -0.4 is 0 Å². The molecular formula is C21H16ClN3OS. The van der Waals surface area contributed by atoms with E-state index in [9.17, 15) is 5.11 Å². The summed E-state index contributed by atoms with van der Waals surface area (Å²) in [5.74, 6) is 1.72. The van der Waals surface area contributed by atoms with E-state index in [1.165, 1.54) is 0 Å². The molecule has 4 rings (SSSR count). The molecule has 0 amide bonds. The predicted octanol–water partition coefficient (Wildman–Crippen LogP) is 5.59. The molecule has 0 bridgehead atoms. The summed E-state index contributed by atoms with van der Waals surface area (Å²) in [6, 6.07) is 24.8. The summed E-state index contributed by atoms with van der Waals surface area (Å²) in [7, 11) is 0. The predicted molar refractivity (Wildman–Crippen MR) is 109 cm³/mol. The average Bonchev–Trinajstić information content (AvgIpc) is 3.13. The van der Waals surface area contributed by atoms with E-state index in [4.69, 9.17) is 11.6 Å². The van der Waals surface area contributed by atoms with Crippen molar-refractivity contribution in [3.05, 3.63) is 89.4 Å². The fraction of sp³-hybridized carbons (Fsp3) is 0.0476. The van der Waals surface area contributed by atoms with Crippen LogP contribution in [0.25, 0.3) is 17.1 Å². The van der Waals surface area contributed by atoms with Gasteiger partial charge < -0.3 is 5.11 Å². The minimum Gasteiger partial charge on any atom is -0.508 e. The molecule has 6 heteroatoms. The Balaban J connectivity index is 1.71. The van der Waals surface area contributed by atoms with Gasteiger partial charge in [-0.3, -0.25) is 4.57 Å². The van der Waals surface area contributed by atoms with Crippen LogP contribution >= 0.6 is 23.4 Å². The monoisotopic (exact) mass is 393 g/mol. The van der Waals surface area contributed by atoms with E-state index in [-0.39, 0.29) is 5.75 Å². The fourth-order valence-corrected chi connectivity index (χ4v) is 3.73. The normalized spacial score (nSPS) is 10.9. The van der Waals surface area contributed by atoms with Crippen LogP contribution in [0.2, 0.25) is 5.02 Å². The van der Waals surface area contributed by atoms with Gasteiger partial charge in [-0.25, -0.2) is 0 Å². The quantitative estimate of drug-likeness (QED) is 0.449. The van der Waals surface area contributed by atoms with Crippen LogP contribution in [0, 0.1) is 0 Å². The van der Waals surface area contributed by atoms with E-state index in [0.717, 1.165) is 38.6 Å². The van der Waals surface area contributed by atoms with Gasteiger partial charge in [0.15, 0.2) is 11.0 Å². The molecular weight excluding hydrogens is 378 g/mol. The first kappa shape index (κ1) is 17.6. The van der Waals surface area contributed by atoms with Crippen molar-refractivity contribution in [2.45, 2.75) is 10.9 Å². The van der Waals surface area contributed by atoms with E-state index >= 15 is 0 Å². The van der Waals surface area contributed by atoms with Crippen molar-refractivity contribution >= 4 is 23.4 Å². The van der Waals surface area contributed by atoms with Crippen molar-refractivity contribution < 1.29 is 5.11 Å². The number of phenols is 1. The smallest absolute Gasteiger partial charge is 0.196 e. The van der Waals surface area contributed by atoms with Gasteiger partial charge in [0.25, 0.3) is 0 Å². The van der Waals surface area contributed by atoms with Crippen LogP contribution in [0.15, 0.2) is 84.0 Å². The van der Waals surface area contributed by atoms with Crippen LogP contribution in [0.5, 0.6) is 5.75 Å². The van der Waals surface area contributed by atoms with Gasteiger partial charge >= 0.3 is 0 Å². The zero-order chi connectivity index (χ0) is 18.6. The first-order valence-electron chi connectivity index (χ1n) is 8.38. The van der Waals surface area contributed by atoms with Crippen molar-refractivity contribution in [1.29, 1.82) is 0 Å². The van der Waals surface area contributed by atoms with Crippen LogP contribution in [0.3, 0.4) is 0 Å². The van der Waals surface area contributed by atoms with Crippen molar-refractivity contribution in [1.82, 2.24) is 14.8 Å². The lowest BCUT2D eigenvalue weighted by molar-refractivity contribution is 0.475. The molecule has 0 radical (unpaired) electrons. The molecule has 4 aromatic rings. The molecule has 0 aliphatic carbocycles. The number of phenolic OH excluding ortho intramolecular Hbond substituents is 1. The van der Waals surface area contributed by atoms with Crippen molar-refractivity contribution in [2.75, 3.05) is 0 Å². The number of para-hydroxylation sites is 1. The first-order chi connectivity index (χ1) is 13.2. The van der Waals surface area contributed by atoms with Crippen LogP contribution in [0.4, 0.5) is 0 Å². The molecule has 27 heavy (non-hydrogen) atoms. The van der Waals surface area contributed by atoms with E-state index in [0.29, 0.717) is 0 Å². The molecule has 0 spiro atoms. The van der Waals surface area contributed by atoms with Crippen LogP contribution in [-0.2, 0) is 5.75 Å². The SMILES string of the molecule is Oc1ccc(-c2nnc(SCc3ccc(Cl)cc3)n2-c2ccccc2)cc1. The number of benzene rings is 3. The molecule has 0 fully saturated rings. The lowest BCUT2D eigenvalue weighted by Crippen LogP contribution is -1.99. The Morgan fingerprint density at radius 3 is 2.26 bits per heavy atom. The third-order valence-corrected chi connectivity index (χ3v) is 5.31. The van der Waals surface area contributed by atoms with Crippen LogP contribution in [0.1, 0.15) is 5.56 Å². The van der Waals surface area contributed by atoms with Crippen molar-refractivity contribution in [3.63, 3.8) is 0 Å². The minimum atomic E-state index is 0.224. The first-order valence-corrected chi connectivity index (χ1v) is 9.74. The van der Waals surface area contributed by atoms with Gasteiger partial charge in [0, 0.05) is 22.0 Å². The van der Waals surface area contributed by atoms with Gasteiger partial charge in [0.1, 0.15) is 5.75 Å². The molecule has 1 aromatic heterocycles. The number of thioether (sulfide) groups is 1. The van der Waals surface area contributed by atoms with Crippen molar-refractivity contribution in [3.8, 4) is 22.8 Å². The lowest BCUT2D eigenvalue weighted by Gasteiger charge is -2.10. The van der Waals surface area contributed by atoms with Gasteiger partial charge in [-0.1, -0.05) is 53.7 Å².